The second-order valence-electron chi connectivity index (χ2n) is 7.10. The summed E-state index contributed by atoms with van der Waals surface area (Å²) in [5.74, 6) is 0.602. The van der Waals surface area contributed by atoms with Crippen LogP contribution in [0.4, 0.5) is 0 Å². The highest BCUT2D eigenvalue weighted by atomic mass is 35.5. The molecule has 3 rings (SSSR count). The summed E-state index contributed by atoms with van der Waals surface area (Å²) < 4.78 is 10.9. The van der Waals surface area contributed by atoms with E-state index in [-0.39, 0.29) is 6.61 Å². The Morgan fingerprint density at radius 3 is 2.75 bits per heavy atom. The van der Waals surface area contributed by atoms with Crippen molar-refractivity contribution in [2.24, 2.45) is 5.73 Å². The summed E-state index contributed by atoms with van der Waals surface area (Å²) in [6.45, 7) is 1.65. The number of benzene rings is 2. The first-order valence-electron chi connectivity index (χ1n) is 9.65. The minimum Gasteiger partial charge on any atom is -0.493 e. The minimum absolute atomic E-state index is 0.170. The highest BCUT2D eigenvalue weighted by Crippen LogP contribution is 2.36. The molecule has 1 heterocycles. The molecule has 5 nitrogen and oxygen atoms in total. The van der Waals surface area contributed by atoms with Crippen LogP contribution in [0.2, 0.25) is 5.02 Å². The van der Waals surface area contributed by atoms with Crippen LogP contribution < -0.4 is 15.2 Å². The van der Waals surface area contributed by atoms with Crippen molar-refractivity contribution < 1.29 is 14.3 Å². The van der Waals surface area contributed by atoms with Gasteiger partial charge in [-0.05, 0) is 48.7 Å². The van der Waals surface area contributed by atoms with Crippen LogP contribution in [0.3, 0.4) is 0 Å². The van der Waals surface area contributed by atoms with Crippen LogP contribution in [-0.4, -0.2) is 31.1 Å². The number of hydrogen-bond donors (Lipinski definition) is 1. The number of hydrogen-bond acceptors (Lipinski definition) is 4. The molecule has 0 aromatic heterocycles. The van der Waals surface area contributed by atoms with Crippen molar-refractivity contribution in [1.29, 1.82) is 0 Å². The summed E-state index contributed by atoms with van der Waals surface area (Å²) >= 11 is 6.51. The van der Waals surface area contributed by atoms with Gasteiger partial charge in [0.1, 0.15) is 0 Å². The average molecular weight is 403 g/mol. The van der Waals surface area contributed by atoms with Crippen molar-refractivity contribution in [2.75, 3.05) is 20.3 Å². The van der Waals surface area contributed by atoms with Crippen LogP contribution in [0.25, 0.3) is 0 Å². The van der Waals surface area contributed by atoms with E-state index < -0.39 is 5.91 Å². The Morgan fingerprint density at radius 2 is 2.00 bits per heavy atom. The molecule has 2 aromatic carbocycles. The quantitative estimate of drug-likeness (QED) is 0.748. The molecule has 1 fully saturated rings. The highest BCUT2D eigenvalue weighted by molar-refractivity contribution is 6.31. The topological polar surface area (TPSA) is 64.8 Å². The Kier molecular flexibility index (Phi) is 7.18. The molecule has 1 atom stereocenters. The van der Waals surface area contributed by atoms with E-state index in [0.717, 1.165) is 30.1 Å². The molecule has 0 radical (unpaired) electrons. The zero-order chi connectivity index (χ0) is 19.9. The first-order chi connectivity index (χ1) is 13.6. The van der Waals surface area contributed by atoms with E-state index in [1.54, 1.807) is 7.11 Å². The number of primary amides is 1. The van der Waals surface area contributed by atoms with Gasteiger partial charge in [0, 0.05) is 17.6 Å². The smallest absolute Gasteiger partial charge is 0.255 e. The number of methoxy groups -OCH3 is 1. The number of nitrogens with zero attached hydrogens (tertiary/aromatic N) is 1. The van der Waals surface area contributed by atoms with E-state index in [0.29, 0.717) is 17.5 Å². The van der Waals surface area contributed by atoms with Crippen molar-refractivity contribution in [3.05, 3.63) is 58.6 Å². The average Bonchev–Trinajstić information content (AvgIpc) is 2.92. The maximum atomic E-state index is 11.0. The van der Waals surface area contributed by atoms with Gasteiger partial charge in [-0.1, -0.05) is 48.7 Å². The van der Waals surface area contributed by atoms with Crippen molar-refractivity contribution in [3.8, 4) is 11.5 Å². The predicted molar refractivity (Wildman–Crippen MR) is 111 cm³/mol. The van der Waals surface area contributed by atoms with Gasteiger partial charge < -0.3 is 15.2 Å². The summed E-state index contributed by atoms with van der Waals surface area (Å²) in [7, 11) is 1.59. The van der Waals surface area contributed by atoms with Crippen molar-refractivity contribution in [1.82, 2.24) is 4.90 Å². The second-order valence-corrected chi connectivity index (χ2v) is 7.50. The van der Waals surface area contributed by atoms with E-state index in [2.05, 4.69) is 17.0 Å². The largest absolute Gasteiger partial charge is 0.493 e. The zero-order valence-corrected chi connectivity index (χ0v) is 17.0. The Morgan fingerprint density at radius 1 is 1.18 bits per heavy atom. The Hall–Kier alpha value is -2.24. The third-order valence-electron chi connectivity index (χ3n) is 5.11. The van der Waals surface area contributed by atoms with Crippen LogP contribution in [-0.2, 0) is 11.3 Å². The molecule has 0 saturated carbocycles. The molecular weight excluding hydrogens is 376 g/mol. The van der Waals surface area contributed by atoms with Crippen molar-refractivity contribution >= 4 is 17.5 Å². The summed E-state index contributed by atoms with van der Waals surface area (Å²) in [5.41, 5.74) is 7.48. The summed E-state index contributed by atoms with van der Waals surface area (Å²) in [4.78, 5) is 13.5. The molecule has 2 N–H and O–H groups in total. The van der Waals surface area contributed by atoms with Gasteiger partial charge in [-0.15, -0.1) is 0 Å². The first kappa shape index (κ1) is 20.5. The molecule has 2 aromatic rings. The van der Waals surface area contributed by atoms with Crippen molar-refractivity contribution in [3.63, 3.8) is 0 Å². The first-order valence-corrected chi connectivity index (χ1v) is 10.0. The number of carbonyl (C=O) groups is 1. The molecule has 1 aliphatic heterocycles. The number of rotatable bonds is 7. The van der Waals surface area contributed by atoms with Gasteiger partial charge in [-0.25, -0.2) is 0 Å². The van der Waals surface area contributed by atoms with Gasteiger partial charge in [0.2, 0.25) is 0 Å². The van der Waals surface area contributed by atoms with Gasteiger partial charge >= 0.3 is 0 Å². The van der Waals surface area contributed by atoms with Gasteiger partial charge in [-0.2, -0.15) is 0 Å². The van der Waals surface area contributed by atoms with Crippen LogP contribution in [0.1, 0.15) is 42.9 Å². The summed E-state index contributed by atoms with van der Waals surface area (Å²) in [6, 6.07) is 14.2. The third-order valence-corrected chi connectivity index (χ3v) is 5.46. The number of halogens is 1. The monoisotopic (exact) mass is 402 g/mol. The van der Waals surface area contributed by atoms with Gasteiger partial charge in [0.05, 0.1) is 7.11 Å². The van der Waals surface area contributed by atoms with Crippen molar-refractivity contribution in [2.45, 2.75) is 38.3 Å². The SMILES string of the molecule is COc1cc(CN2CCCCC[C@@H]2c2ccccc2Cl)ccc1OCC(N)=O. The number of carbonyl (C=O) groups excluding carboxylic acids is 1. The van der Waals surface area contributed by atoms with Gasteiger partial charge in [0.25, 0.3) is 5.91 Å². The molecule has 150 valence electrons. The van der Waals surface area contributed by atoms with Crippen LogP contribution in [0.5, 0.6) is 11.5 Å². The van der Waals surface area contributed by atoms with E-state index in [9.17, 15) is 4.79 Å². The lowest BCUT2D eigenvalue weighted by Gasteiger charge is -2.31. The van der Waals surface area contributed by atoms with E-state index in [1.807, 2.05) is 30.3 Å². The fraction of sp³-hybridized carbons (Fsp3) is 0.409. The molecule has 0 unspecified atom stereocenters. The molecule has 28 heavy (non-hydrogen) atoms. The predicted octanol–water partition coefficient (Wildman–Crippen LogP) is 4.33. The lowest BCUT2D eigenvalue weighted by molar-refractivity contribution is -0.119. The molecule has 1 aliphatic rings. The molecule has 0 aliphatic carbocycles. The zero-order valence-electron chi connectivity index (χ0n) is 16.2. The normalized spacial score (nSPS) is 17.7. The minimum atomic E-state index is -0.515. The lowest BCUT2D eigenvalue weighted by Crippen LogP contribution is -2.28. The fourth-order valence-electron chi connectivity index (χ4n) is 3.77. The number of ether oxygens (including phenoxy) is 2. The summed E-state index contributed by atoms with van der Waals surface area (Å²) in [5, 5.41) is 0.826. The molecule has 0 bridgehead atoms. The lowest BCUT2D eigenvalue weighted by atomic mass is 10.00. The highest BCUT2D eigenvalue weighted by Gasteiger charge is 2.24. The van der Waals surface area contributed by atoms with Crippen LogP contribution in [0.15, 0.2) is 42.5 Å². The Balaban J connectivity index is 1.81. The number of nitrogens with two attached hydrogens (primary N) is 1. The standard InChI is InChI=1S/C22H27ClN2O3/c1-27-21-13-16(10-11-20(21)28-15-22(24)26)14-25-12-6-2-3-9-19(25)17-7-4-5-8-18(17)23/h4-5,7-8,10-11,13,19H,2-3,6,9,12,14-15H2,1H3,(H2,24,26)/t19-/m1/s1. The maximum absolute atomic E-state index is 11.0. The molecule has 1 amide bonds. The van der Waals surface area contributed by atoms with E-state index in [1.165, 1.54) is 24.8 Å². The van der Waals surface area contributed by atoms with Gasteiger partial charge in [-0.3, -0.25) is 9.69 Å². The van der Waals surface area contributed by atoms with E-state index in [4.69, 9.17) is 26.8 Å². The number of likely N-dealkylation sites (tertiary alicyclic amines) is 1. The molecular formula is C22H27ClN2O3. The molecule has 0 spiro atoms. The third kappa shape index (κ3) is 5.18. The van der Waals surface area contributed by atoms with Crippen LogP contribution in [0, 0.1) is 0 Å². The van der Waals surface area contributed by atoms with Gasteiger partial charge in [0.15, 0.2) is 18.1 Å². The second kappa shape index (κ2) is 9.80. The fourth-order valence-corrected chi connectivity index (χ4v) is 4.03. The summed E-state index contributed by atoms with van der Waals surface area (Å²) in [6.07, 6.45) is 4.72. The maximum Gasteiger partial charge on any atom is 0.255 e. The van der Waals surface area contributed by atoms with Crippen LogP contribution >= 0.6 is 11.6 Å². The molecule has 6 heteroatoms. The van der Waals surface area contributed by atoms with E-state index >= 15 is 0 Å². The Labute approximate surface area is 171 Å². The number of amides is 1. The Bertz CT molecular complexity index is 812. The molecule has 1 saturated heterocycles.